The van der Waals surface area contributed by atoms with Crippen LogP contribution in [0.4, 0.5) is 13.2 Å². The molecule has 0 atom stereocenters. The number of benzene rings is 1. The van der Waals surface area contributed by atoms with Gasteiger partial charge in [0.2, 0.25) is 6.43 Å². The largest absolute Gasteiger partial charge is 0.492 e. The third-order valence-corrected chi connectivity index (χ3v) is 5.77. The highest BCUT2D eigenvalue weighted by Gasteiger charge is 2.42. The number of hydrogen-bond donors (Lipinski definition) is 1. The average Bonchev–Trinajstić information content (AvgIpc) is 3.46. The number of alkyl halides is 2. The molecule has 26 heavy (non-hydrogen) atoms. The number of hydrogen-bond acceptors (Lipinski definition) is 3. The van der Waals surface area contributed by atoms with E-state index in [1.807, 2.05) is 0 Å². The molecule has 2 saturated carbocycles. The Kier molecular flexibility index (Phi) is 6.05. The van der Waals surface area contributed by atoms with Crippen LogP contribution < -0.4 is 9.46 Å². The molecule has 0 heterocycles. The summed E-state index contributed by atoms with van der Waals surface area (Å²) in [5, 5.41) is 0. The Morgan fingerprint density at radius 3 is 2.58 bits per heavy atom. The molecule has 2 fully saturated rings. The van der Waals surface area contributed by atoms with Crippen LogP contribution in [-0.2, 0) is 0 Å². The zero-order valence-electron chi connectivity index (χ0n) is 14.8. The number of ether oxygens (including phenoxy) is 1. The standard InChI is InChI=1S/C19H24F3NO2S/c1-26-23-17(24)14-9-13(12-5-6-12)16(10-15(14)20)25-11-19(18(21)22)7-3-2-4-8-19/h9-10,12,18H,2-8,11H2,1H3,(H,23,24). The van der Waals surface area contributed by atoms with E-state index in [9.17, 15) is 18.0 Å². The summed E-state index contributed by atoms with van der Waals surface area (Å²) >= 11 is 1.10. The van der Waals surface area contributed by atoms with Crippen molar-refractivity contribution in [3.05, 3.63) is 29.1 Å². The van der Waals surface area contributed by atoms with Gasteiger partial charge in [-0.05, 0) is 43.2 Å². The Hall–Kier alpha value is -1.37. The first-order valence-electron chi connectivity index (χ1n) is 9.04. The van der Waals surface area contributed by atoms with E-state index in [2.05, 4.69) is 4.72 Å². The Labute approximate surface area is 156 Å². The summed E-state index contributed by atoms with van der Waals surface area (Å²) in [6, 6.07) is 2.70. The second-order valence-electron chi connectivity index (χ2n) is 7.29. The molecule has 0 radical (unpaired) electrons. The SMILES string of the molecule is CSNC(=O)c1cc(C2CC2)c(OCC2(C(F)F)CCCCC2)cc1F. The second kappa shape index (κ2) is 8.11. The molecule has 0 saturated heterocycles. The molecule has 3 rings (SSSR count). The highest BCUT2D eigenvalue weighted by Crippen LogP contribution is 2.47. The van der Waals surface area contributed by atoms with Crippen LogP contribution in [0.1, 0.15) is 66.8 Å². The van der Waals surface area contributed by atoms with Gasteiger partial charge < -0.3 is 4.74 Å². The molecular weight excluding hydrogens is 363 g/mol. The van der Waals surface area contributed by atoms with Gasteiger partial charge in [-0.3, -0.25) is 9.52 Å². The Bertz CT molecular complexity index is 658. The number of carbonyl (C=O) groups is 1. The summed E-state index contributed by atoms with van der Waals surface area (Å²) < 4.78 is 50.0. The third-order valence-electron chi connectivity index (χ3n) is 5.38. The summed E-state index contributed by atoms with van der Waals surface area (Å²) in [6.45, 7) is -0.111. The van der Waals surface area contributed by atoms with Crippen LogP contribution in [-0.4, -0.2) is 25.2 Å². The first kappa shape index (κ1) is 19.4. The van der Waals surface area contributed by atoms with Crippen molar-refractivity contribution in [1.29, 1.82) is 0 Å². The van der Waals surface area contributed by atoms with Crippen molar-refractivity contribution >= 4 is 17.9 Å². The lowest BCUT2D eigenvalue weighted by molar-refractivity contribution is -0.0587. The lowest BCUT2D eigenvalue weighted by Crippen LogP contribution is -2.38. The smallest absolute Gasteiger partial charge is 0.264 e. The molecule has 0 spiro atoms. The van der Waals surface area contributed by atoms with E-state index in [0.717, 1.165) is 49.6 Å². The summed E-state index contributed by atoms with van der Waals surface area (Å²) in [5.74, 6) is -0.679. The fourth-order valence-corrected chi connectivity index (χ4v) is 3.93. The molecule has 1 N–H and O–H groups in total. The maximum atomic E-state index is 14.4. The second-order valence-corrected chi connectivity index (χ2v) is 7.90. The maximum absolute atomic E-state index is 14.4. The van der Waals surface area contributed by atoms with Crippen molar-refractivity contribution in [3.63, 3.8) is 0 Å². The molecule has 144 valence electrons. The predicted molar refractivity (Wildman–Crippen MR) is 96.4 cm³/mol. The van der Waals surface area contributed by atoms with E-state index in [1.165, 1.54) is 12.1 Å². The van der Waals surface area contributed by atoms with E-state index in [1.54, 1.807) is 6.26 Å². The van der Waals surface area contributed by atoms with Gasteiger partial charge in [0.05, 0.1) is 17.6 Å². The minimum absolute atomic E-state index is 0.0326. The van der Waals surface area contributed by atoms with Gasteiger partial charge in [0, 0.05) is 12.3 Å². The van der Waals surface area contributed by atoms with Gasteiger partial charge in [-0.2, -0.15) is 0 Å². The van der Waals surface area contributed by atoms with Crippen LogP contribution in [0.2, 0.25) is 0 Å². The molecule has 3 nitrogen and oxygen atoms in total. The van der Waals surface area contributed by atoms with Gasteiger partial charge in [-0.15, -0.1) is 0 Å². The van der Waals surface area contributed by atoms with Crippen LogP contribution in [0.15, 0.2) is 12.1 Å². The molecule has 1 amide bonds. The van der Waals surface area contributed by atoms with Gasteiger partial charge in [0.1, 0.15) is 11.6 Å². The summed E-state index contributed by atoms with van der Waals surface area (Å²) in [6.07, 6.45) is 4.47. The minimum Gasteiger partial charge on any atom is -0.492 e. The van der Waals surface area contributed by atoms with Crippen molar-refractivity contribution in [3.8, 4) is 5.75 Å². The van der Waals surface area contributed by atoms with Gasteiger partial charge in [-0.1, -0.05) is 31.2 Å². The van der Waals surface area contributed by atoms with Crippen LogP contribution in [0.25, 0.3) is 0 Å². The molecule has 1 aromatic rings. The fourth-order valence-electron chi connectivity index (χ4n) is 3.63. The first-order chi connectivity index (χ1) is 12.5. The van der Waals surface area contributed by atoms with Gasteiger partial charge in [0.25, 0.3) is 5.91 Å². The van der Waals surface area contributed by atoms with E-state index < -0.39 is 23.6 Å². The van der Waals surface area contributed by atoms with Crippen molar-refractivity contribution in [1.82, 2.24) is 4.72 Å². The molecule has 7 heteroatoms. The van der Waals surface area contributed by atoms with E-state index in [4.69, 9.17) is 4.74 Å². The van der Waals surface area contributed by atoms with Crippen LogP contribution in [0.5, 0.6) is 5.75 Å². The third kappa shape index (κ3) is 4.13. The van der Waals surface area contributed by atoms with E-state index in [-0.39, 0.29) is 18.1 Å². The lowest BCUT2D eigenvalue weighted by atomic mass is 9.75. The topological polar surface area (TPSA) is 38.3 Å². The van der Waals surface area contributed by atoms with Crippen LogP contribution in [0.3, 0.4) is 0 Å². The molecule has 1 aromatic carbocycles. The van der Waals surface area contributed by atoms with Crippen molar-refractivity contribution in [2.24, 2.45) is 5.41 Å². The molecule has 0 bridgehead atoms. The number of amides is 1. The molecular formula is C19H24F3NO2S. The fraction of sp³-hybridized carbons (Fsp3) is 0.632. The number of rotatable bonds is 7. The molecule has 2 aliphatic rings. The van der Waals surface area contributed by atoms with Gasteiger partial charge in [0.15, 0.2) is 0 Å². The zero-order chi connectivity index (χ0) is 18.7. The molecule has 0 unspecified atom stereocenters. The number of halogens is 3. The van der Waals surface area contributed by atoms with Crippen molar-refractivity contribution < 1.29 is 22.7 Å². The normalized spacial score (nSPS) is 19.4. The van der Waals surface area contributed by atoms with Crippen molar-refractivity contribution in [2.45, 2.75) is 57.3 Å². The predicted octanol–water partition coefficient (Wildman–Crippen LogP) is 5.31. The lowest BCUT2D eigenvalue weighted by Gasteiger charge is -2.36. The monoisotopic (exact) mass is 387 g/mol. The number of nitrogens with one attached hydrogen (secondary N) is 1. The summed E-state index contributed by atoms with van der Waals surface area (Å²) in [4.78, 5) is 12.0. The Morgan fingerprint density at radius 1 is 1.31 bits per heavy atom. The molecule has 0 aromatic heterocycles. The Morgan fingerprint density at radius 2 is 2.00 bits per heavy atom. The van der Waals surface area contributed by atoms with Crippen LogP contribution >= 0.6 is 11.9 Å². The molecule has 0 aliphatic heterocycles. The van der Waals surface area contributed by atoms with Crippen molar-refractivity contribution in [2.75, 3.05) is 12.9 Å². The highest BCUT2D eigenvalue weighted by molar-refractivity contribution is 7.97. The minimum atomic E-state index is -2.45. The quantitative estimate of drug-likeness (QED) is 0.645. The summed E-state index contributed by atoms with van der Waals surface area (Å²) in [5.41, 5.74) is -0.433. The Balaban J connectivity index is 1.82. The summed E-state index contributed by atoms with van der Waals surface area (Å²) in [7, 11) is 0. The van der Waals surface area contributed by atoms with Gasteiger partial charge >= 0.3 is 0 Å². The van der Waals surface area contributed by atoms with Gasteiger partial charge in [-0.25, -0.2) is 13.2 Å². The zero-order valence-corrected chi connectivity index (χ0v) is 15.6. The first-order valence-corrected chi connectivity index (χ1v) is 10.3. The average molecular weight is 387 g/mol. The maximum Gasteiger partial charge on any atom is 0.264 e. The van der Waals surface area contributed by atoms with Crippen LogP contribution in [0, 0.1) is 11.2 Å². The van der Waals surface area contributed by atoms with E-state index >= 15 is 0 Å². The number of carbonyl (C=O) groups excluding carboxylic acids is 1. The molecule has 2 aliphatic carbocycles. The highest BCUT2D eigenvalue weighted by atomic mass is 32.2. The van der Waals surface area contributed by atoms with E-state index in [0.29, 0.717) is 18.6 Å².